The molecule has 0 bridgehead atoms. The number of methoxy groups -OCH3 is 1. The molecule has 1 heterocycles. The molecule has 140 valence electrons. The quantitative estimate of drug-likeness (QED) is 0.739. The van der Waals surface area contributed by atoms with E-state index in [0.29, 0.717) is 30.6 Å². The number of unbranched alkanes of at least 4 members (excludes halogenated alkanes) is 1. The molecule has 0 aliphatic carbocycles. The fraction of sp³-hybridized carbons (Fsp3) is 0.611. The maximum absolute atomic E-state index is 13.8. The van der Waals surface area contributed by atoms with Crippen LogP contribution in [0.5, 0.6) is 5.75 Å². The summed E-state index contributed by atoms with van der Waals surface area (Å²) in [6.07, 6.45) is 4.73. The van der Waals surface area contributed by atoms with E-state index in [4.69, 9.17) is 9.26 Å². The van der Waals surface area contributed by atoms with Gasteiger partial charge >= 0.3 is 13.5 Å². The van der Waals surface area contributed by atoms with Crippen LogP contribution in [-0.4, -0.2) is 42.0 Å². The van der Waals surface area contributed by atoms with Gasteiger partial charge in [-0.15, -0.1) is 0 Å². The lowest BCUT2D eigenvalue weighted by Gasteiger charge is -2.36. The van der Waals surface area contributed by atoms with Crippen molar-refractivity contribution in [3.05, 3.63) is 24.3 Å². The van der Waals surface area contributed by atoms with Gasteiger partial charge in [0.1, 0.15) is 11.8 Å². The Kier molecular flexibility index (Phi) is 7.48. The lowest BCUT2D eigenvalue weighted by Crippen LogP contribution is -2.43. The Hall–Kier alpha value is -1.36. The molecule has 1 aromatic rings. The highest BCUT2D eigenvalue weighted by molar-refractivity contribution is 7.64. The van der Waals surface area contributed by atoms with Crippen LogP contribution < -0.4 is 10.0 Å². The number of hydrogen-bond acceptors (Lipinski definition) is 4. The molecule has 1 fully saturated rings. The molecule has 0 amide bonds. The zero-order valence-electron chi connectivity index (χ0n) is 15.0. The predicted molar refractivity (Wildman–Crippen MR) is 97.7 cm³/mol. The number of nitrogens with zero attached hydrogens (tertiary/aromatic N) is 1. The molecule has 1 aliphatic heterocycles. The minimum atomic E-state index is -3.43. The summed E-state index contributed by atoms with van der Waals surface area (Å²) in [6, 6.07) is 6.10. The zero-order chi connectivity index (χ0) is 18.3. The fourth-order valence-corrected chi connectivity index (χ4v) is 5.56. The first-order chi connectivity index (χ1) is 12.0. The van der Waals surface area contributed by atoms with Gasteiger partial charge in [-0.1, -0.05) is 19.8 Å². The summed E-state index contributed by atoms with van der Waals surface area (Å²) in [4.78, 5) is 11.9. The van der Waals surface area contributed by atoms with Crippen molar-refractivity contribution in [2.75, 3.05) is 20.3 Å². The zero-order valence-corrected chi connectivity index (χ0v) is 15.9. The van der Waals surface area contributed by atoms with Crippen LogP contribution in [0.15, 0.2) is 24.3 Å². The van der Waals surface area contributed by atoms with E-state index < -0.39 is 19.5 Å². The van der Waals surface area contributed by atoms with Crippen molar-refractivity contribution in [2.24, 2.45) is 0 Å². The topological polar surface area (TPSA) is 76.1 Å². The number of hydrogen-bond donors (Lipinski definition) is 1. The molecule has 1 N–H and O–H groups in total. The van der Waals surface area contributed by atoms with Gasteiger partial charge in [0.2, 0.25) is 0 Å². The second-order valence-electron chi connectivity index (χ2n) is 6.27. The van der Waals surface area contributed by atoms with E-state index in [-0.39, 0.29) is 0 Å². The van der Waals surface area contributed by atoms with Crippen molar-refractivity contribution < 1.29 is 23.7 Å². The van der Waals surface area contributed by atoms with Crippen molar-refractivity contribution in [1.29, 1.82) is 0 Å². The van der Waals surface area contributed by atoms with E-state index in [1.165, 1.54) is 0 Å². The molecular formula is C18H28NO5P. The van der Waals surface area contributed by atoms with Gasteiger partial charge in [-0.2, -0.15) is 0 Å². The van der Waals surface area contributed by atoms with Crippen LogP contribution in [0, 0.1) is 0 Å². The third-order valence-corrected chi connectivity index (χ3v) is 7.15. The smallest absolute Gasteiger partial charge is 0.321 e. The van der Waals surface area contributed by atoms with E-state index in [9.17, 15) is 14.5 Å². The summed E-state index contributed by atoms with van der Waals surface area (Å²) in [5, 5.41) is 10.3. The molecule has 1 aliphatic rings. The van der Waals surface area contributed by atoms with Crippen molar-refractivity contribution in [1.82, 2.24) is 4.67 Å². The minimum absolute atomic E-state index is 0.375. The van der Waals surface area contributed by atoms with Gasteiger partial charge in [0.05, 0.1) is 19.0 Å². The van der Waals surface area contributed by atoms with Gasteiger partial charge in [-0.25, -0.2) is 4.67 Å². The summed E-state index contributed by atoms with van der Waals surface area (Å²) in [6.45, 7) is 2.86. The maximum Gasteiger partial charge on any atom is 0.321 e. The van der Waals surface area contributed by atoms with Gasteiger partial charge in [0.15, 0.2) is 0 Å². The number of ether oxygens (including phenoxy) is 1. The fourth-order valence-electron chi connectivity index (χ4n) is 3.08. The van der Waals surface area contributed by atoms with Crippen LogP contribution in [-0.2, 0) is 13.9 Å². The van der Waals surface area contributed by atoms with Crippen LogP contribution >= 0.6 is 7.52 Å². The van der Waals surface area contributed by atoms with Crippen LogP contribution in [0.2, 0.25) is 0 Å². The minimum Gasteiger partial charge on any atom is -0.497 e. The average Bonchev–Trinajstić information content (AvgIpc) is 2.60. The predicted octanol–water partition coefficient (Wildman–Crippen LogP) is 3.66. The molecule has 2 unspecified atom stereocenters. The Morgan fingerprint density at radius 1 is 1.32 bits per heavy atom. The summed E-state index contributed by atoms with van der Waals surface area (Å²) in [5.74, 6) is -0.277. The third kappa shape index (κ3) is 4.84. The molecule has 2 rings (SSSR count). The lowest BCUT2D eigenvalue weighted by atomic mass is 10.1. The number of aliphatic carboxylic acids is 1. The largest absolute Gasteiger partial charge is 0.497 e. The molecule has 25 heavy (non-hydrogen) atoms. The molecule has 1 aromatic carbocycles. The molecule has 1 saturated heterocycles. The summed E-state index contributed by atoms with van der Waals surface area (Å²) < 4.78 is 26.4. The number of carbonyl (C=O) groups is 1. The van der Waals surface area contributed by atoms with E-state index in [0.717, 1.165) is 32.1 Å². The standard InChI is InChI=1S/C18H28NO5P/c1-3-4-8-17(18(20)21)19-13-6-5-7-14-24-25(19,22)16-11-9-15(23-2)10-12-16/h9-12,17H,3-8,13-14H2,1-2H3,(H,20,21). The van der Waals surface area contributed by atoms with Gasteiger partial charge in [0.25, 0.3) is 0 Å². The summed E-state index contributed by atoms with van der Waals surface area (Å²) in [7, 11) is -1.86. The Bertz CT molecular complexity index is 604. The van der Waals surface area contributed by atoms with Crippen molar-refractivity contribution >= 4 is 18.8 Å². The van der Waals surface area contributed by atoms with E-state index in [1.807, 2.05) is 6.92 Å². The highest BCUT2D eigenvalue weighted by Crippen LogP contribution is 2.52. The van der Waals surface area contributed by atoms with Crippen LogP contribution in [0.4, 0.5) is 0 Å². The van der Waals surface area contributed by atoms with E-state index in [1.54, 1.807) is 36.0 Å². The van der Waals surface area contributed by atoms with Gasteiger partial charge in [0, 0.05) is 6.54 Å². The second-order valence-corrected chi connectivity index (χ2v) is 8.60. The monoisotopic (exact) mass is 369 g/mol. The molecule has 0 radical (unpaired) electrons. The third-order valence-electron chi connectivity index (χ3n) is 4.51. The first-order valence-electron chi connectivity index (χ1n) is 8.92. The number of carboxylic acid groups (broad SMARTS) is 1. The number of carboxylic acids is 1. The number of benzene rings is 1. The average molecular weight is 369 g/mol. The van der Waals surface area contributed by atoms with Gasteiger partial charge in [-0.3, -0.25) is 9.36 Å². The first kappa shape index (κ1) is 20.0. The Labute approximate surface area is 149 Å². The van der Waals surface area contributed by atoms with Gasteiger partial charge < -0.3 is 14.4 Å². The molecule has 0 aromatic heterocycles. The van der Waals surface area contributed by atoms with Crippen LogP contribution in [0.25, 0.3) is 0 Å². The van der Waals surface area contributed by atoms with Crippen molar-refractivity contribution in [2.45, 2.75) is 51.5 Å². The van der Waals surface area contributed by atoms with Crippen LogP contribution in [0.1, 0.15) is 45.4 Å². The number of rotatable bonds is 7. The summed E-state index contributed by atoms with van der Waals surface area (Å²) >= 11 is 0. The van der Waals surface area contributed by atoms with E-state index >= 15 is 0 Å². The van der Waals surface area contributed by atoms with Crippen molar-refractivity contribution in [3.8, 4) is 5.75 Å². The molecule has 0 saturated carbocycles. The Morgan fingerprint density at radius 2 is 2.04 bits per heavy atom. The SMILES string of the molecule is CCCCC(C(=O)O)N1CCCCCOP1(=O)c1ccc(OC)cc1. The highest BCUT2D eigenvalue weighted by Gasteiger charge is 2.41. The normalized spacial score (nSPS) is 23.4. The molecule has 0 spiro atoms. The van der Waals surface area contributed by atoms with Gasteiger partial charge in [-0.05, 0) is 49.9 Å². The Morgan fingerprint density at radius 3 is 2.64 bits per heavy atom. The molecule has 6 nitrogen and oxygen atoms in total. The Balaban J connectivity index is 2.41. The van der Waals surface area contributed by atoms with Crippen molar-refractivity contribution in [3.63, 3.8) is 0 Å². The highest BCUT2D eigenvalue weighted by atomic mass is 31.2. The summed E-state index contributed by atoms with van der Waals surface area (Å²) in [5.41, 5.74) is 0. The molecule has 2 atom stereocenters. The maximum atomic E-state index is 13.8. The molecular weight excluding hydrogens is 341 g/mol. The lowest BCUT2D eigenvalue weighted by molar-refractivity contribution is -0.142. The van der Waals surface area contributed by atoms with Crippen LogP contribution in [0.3, 0.4) is 0 Å². The molecule has 7 heteroatoms. The second kappa shape index (κ2) is 9.37. The van der Waals surface area contributed by atoms with E-state index in [2.05, 4.69) is 0 Å². The first-order valence-corrected chi connectivity index (χ1v) is 10.5.